The van der Waals surface area contributed by atoms with Gasteiger partial charge in [-0.25, -0.2) is 0 Å². The van der Waals surface area contributed by atoms with Gasteiger partial charge in [0.15, 0.2) is 6.10 Å². The third-order valence-corrected chi connectivity index (χ3v) is 3.39. The molecular weight excluding hydrogens is 214 g/mol. The fraction of sp³-hybridized carbons (Fsp3) is 0.357. The minimum atomic E-state index is -0.368. The van der Waals surface area contributed by atoms with Gasteiger partial charge in [-0.15, -0.1) is 0 Å². The maximum atomic E-state index is 12.4. The van der Waals surface area contributed by atoms with E-state index in [1.165, 1.54) is 5.56 Å². The molecule has 3 heteroatoms. The summed E-state index contributed by atoms with van der Waals surface area (Å²) >= 11 is 0. The van der Waals surface area contributed by atoms with E-state index < -0.39 is 0 Å². The molecule has 17 heavy (non-hydrogen) atoms. The minimum absolute atomic E-state index is 0.0636. The van der Waals surface area contributed by atoms with E-state index in [0.717, 1.165) is 5.69 Å². The number of para-hydroxylation sites is 1. The molecule has 0 saturated heterocycles. The predicted octanol–water partition coefficient (Wildman–Crippen LogP) is 2.44. The van der Waals surface area contributed by atoms with Crippen molar-refractivity contribution in [1.29, 1.82) is 0 Å². The molecule has 2 aliphatic rings. The molecule has 0 radical (unpaired) electrons. The van der Waals surface area contributed by atoms with Crippen LogP contribution >= 0.6 is 0 Å². The van der Waals surface area contributed by atoms with Crippen LogP contribution < -0.4 is 4.90 Å². The third kappa shape index (κ3) is 1.38. The summed E-state index contributed by atoms with van der Waals surface area (Å²) in [6.07, 6.45) is 3.25. The van der Waals surface area contributed by atoms with E-state index in [1.54, 1.807) is 6.26 Å². The summed E-state index contributed by atoms with van der Waals surface area (Å²) in [5.41, 5.74) is 2.20. The highest BCUT2D eigenvalue weighted by atomic mass is 16.5. The maximum Gasteiger partial charge on any atom is 0.269 e. The quantitative estimate of drug-likeness (QED) is 0.740. The fourth-order valence-corrected chi connectivity index (χ4v) is 2.66. The third-order valence-electron chi connectivity index (χ3n) is 3.39. The van der Waals surface area contributed by atoms with Gasteiger partial charge in [-0.3, -0.25) is 4.79 Å². The van der Waals surface area contributed by atoms with Gasteiger partial charge >= 0.3 is 0 Å². The van der Waals surface area contributed by atoms with Crippen LogP contribution in [0.3, 0.4) is 0 Å². The number of carbonyl (C=O) groups is 1. The van der Waals surface area contributed by atoms with Crippen molar-refractivity contribution < 1.29 is 9.53 Å². The topological polar surface area (TPSA) is 29.5 Å². The number of rotatable bonds is 1. The van der Waals surface area contributed by atoms with E-state index in [0.29, 0.717) is 0 Å². The molecule has 0 saturated carbocycles. The Bertz CT molecular complexity index is 493. The van der Waals surface area contributed by atoms with Crippen LogP contribution in [0.25, 0.3) is 0 Å². The van der Waals surface area contributed by atoms with Crippen molar-refractivity contribution in [3.63, 3.8) is 0 Å². The number of benzene rings is 1. The van der Waals surface area contributed by atoms with Crippen LogP contribution in [0.1, 0.15) is 25.3 Å². The fourth-order valence-electron chi connectivity index (χ4n) is 2.66. The largest absolute Gasteiger partial charge is 0.488 e. The second kappa shape index (κ2) is 3.62. The second-order valence-electron chi connectivity index (χ2n) is 4.77. The number of fused-ring (bicyclic) bond motifs is 3. The molecule has 0 bridgehead atoms. The second-order valence-corrected chi connectivity index (χ2v) is 4.77. The first-order chi connectivity index (χ1) is 8.20. The van der Waals surface area contributed by atoms with Crippen LogP contribution in [0.4, 0.5) is 5.69 Å². The first kappa shape index (κ1) is 10.4. The summed E-state index contributed by atoms with van der Waals surface area (Å²) < 4.78 is 5.43. The van der Waals surface area contributed by atoms with Crippen molar-refractivity contribution in [3.05, 3.63) is 42.2 Å². The van der Waals surface area contributed by atoms with Crippen LogP contribution in [0.2, 0.25) is 0 Å². The Morgan fingerprint density at radius 3 is 2.82 bits per heavy atom. The van der Waals surface area contributed by atoms with Gasteiger partial charge in [-0.1, -0.05) is 18.2 Å². The number of hydrogen-bond acceptors (Lipinski definition) is 2. The molecule has 0 N–H and O–H groups in total. The summed E-state index contributed by atoms with van der Waals surface area (Å²) in [5.74, 6) is 0.141. The Balaban J connectivity index is 2.17. The SMILES string of the molecule is CC(C)N1C(=O)[C@H]2OC=C[C@@H]2c2ccccc21. The monoisotopic (exact) mass is 229 g/mol. The highest BCUT2D eigenvalue weighted by Gasteiger charge is 2.43. The van der Waals surface area contributed by atoms with E-state index >= 15 is 0 Å². The lowest BCUT2D eigenvalue weighted by atomic mass is 9.87. The molecule has 2 heterocycles. The van der Waals surface area contributed by atoms with E-state index in [-0.39, 0.29) is 24.0 Å². The standard InChI is InChI=1S/C14H15NO2/c1-9(2)15-12-6-4-3-5-10(12)11-7-8-17-13(11)14(15)16/h3-9,11,13H,1-2H3/t11-,13+/m1/s1. The zero-order valence-electron chi connectivity index (χ0n) is 9.96. The average Bonchev–Trinajstić information content (AvgIpc) is 2.78. The normalized spacial score (nSPS) is 25.8. The van der Waals surface area contributed by atoms with E-state index in [1.807, 2.05) is 43.0 Å². The number of ether oxygens (including phenoxy) is 1. The lowest BCUT2D eigenvalue weighted by molar-refractivity contribution is -0.127. The first-order valence-corrected chi connectivity index (χ1v) is 5.94. The Morgan fingerprint density at radius 2 is 2.06 bits per heavy atom. The molecule has 0 spiro atoms. The van der Waals surface area contributed by atoms with Gasteiger partial charge in [0.05, 0.1) is 12.2 Å². The minimum Gasteiger partial charge on any atom is -0.488 e. The molecule has 0 fully saturated rings. The van der Waals surface area contributed by atoms with Gasteiger partial charge in [-0.2, -0.15) is 0 Å². The molecule has 1 amide bonds. The lowest BCUT2D eigenvalue weighted by Gasteiger charge is -2.37. The number of anilines is 1. The van der Waals surface area contributed by atoms with E-state index in [9.17, 15) is 4.79 Å². The smallest absolute Gasteiger partial charge is 0.269 e. The van der Waals surface area contributed by atoms with Crippen LogP contribution in [-0.4, -0.2) is 18.1 Å². The van der Waals surface area contributed by atoms with Gasteiger partial charge in [0.1, 0.15) is 0 Å². The zero-order valence-corrected chi connectivity index (χ0v) is 9.96. The number of nitrogens with zero attached hydrogens (tertiary/aromatic N) is 1. The summed E-state index contributed by atoms with van der Waals surface area (Å²) in [6, 6.07) is 8.22. The molecule has 88 valence electrons. The van der Waals surface area contributed by atoms with Crippen molar-refractivity contribution in [2.24, 2.45) is 0 Å². The summed E-state index contributed by atoms with van der Waals surface area (Å²) in [6.45, 7) is 4.05. The maximum absolute atomic E-state index is 12.4. The van der Waals surface area contributed by atoms with Crippen LogP contribution in [-0.2, 0) is 9.53 Å². The molecule has 1 aromatic rings. The predicted molar refractivity (Wildman–Crippen MR) is 65.8 cm³/mol. The highest BCUT2D eigenvalue weighted by molar-refractivity contribution is 6.01. The van der Waals surface area contributed by atoms with Crippen LogP contribution in [0.5, 0.6) is 0 Å². The van der Waals surface area contributed by atoms with Gasteiger partial charge in [0, 0.05) is 11.7 Å². The summed E-state index contributed by atoms with van der Waals surface area (Å²) in [5, 5.41) is 0. The molecule has 3 nitrogen and oxygen atoms in total. The summed E-state index contributed by atoms with van der Waals surface area (Å²) in [7, 11) is 0. The molecule has 0 aromatic heterocycles. The van der Waals surface area contributed by atoms with E-state index in [4.69, 9.17) is 4.74 Å². The highest BCUT2D eigenvalue weighted by Crippen LogP contribution is 2.41. The Labute approximate surface area is 101 Å². The van der Waals surface area contributed by atoms with Gasteiger partial charge in [-0.05, 0) is 31.6 Å². The molecule has 0 aliphatic carbocycles. The molecule has 0 unspecified atom stereocenters. The Hall–Kier alpha value is -1.77. The number of carbonyl (C=O) groups excluding carboxylic acids is 1. The van der Waals surface area contributed by atoms with Crippen molar-refractivity contribution in [2.45, 2.75) is 31.9 Å². The van der Waals surface area contributed by atoms with E-state index in [2.05, 4.69) is 6.07 Å². The van der Waals surface area contributed by atoms with Crippen molar-refractivity contribution >= 4 is 11.6 Å². The Kier molecular flexibility index (Phi) is 2.21. The average molecular weight is 229 g/mol. The summed E-state index contributed by atoms with van der Waals surface area (Å²) in [4.78, 5) is 14.2. The van der Waals surface area contributed by atoms with Crippen molar-refractivity contribution in [3.8, 4) is 0 Å². The molecular formula is C14H15NO2. The van der Waals surface area contributed by atoms with Crippen LogP contribution in [0, 0.1) is 0 Å². The molecule has 3 rings (SSSR count). The van der Waals surface area contributed by atoms with Crippen molar-refractivity contribution in [1.82, 2.24) is 0 Å². The zero-order chi connectivity index (χ0) is 12.0. The van der Waals surface area contributed by atoms with Crippen molar-refractivity contribution in [2.75, 3.05) is 4.90 Å². The van der Waals surface area contributed by atoms with Gasteiger partial charge in [0.25, 0.3) is 5.91 Å². The lowest BCUT2D eigenvalue weighted by Crippen LogP contribution is -2.49. The van der Waals surface area contributed by atoms with Crippen LogP contribution in [0.15, 0.2) is 36.6 Å². The first-order valence-electron chi connectivity index (χ1n) is 5.94. The van der Waals surface area contributed by atoms with Gasteiger partial charge in [0.2, 0.25) is 0 Å². The molecule has 1 aromatic carbocycles. The molecule has 2 atom stereocenters. The van der Waals surface area contributed by atoms with Gasteiger partial charge < -0.3 is 9.64 Å². The number of hydrogen-bond donors (Lipinski definition) is 0. The molecule has 2 aliphatic heterocycles. The Morgan fingerprint density at radius 1 is 1.29 bits per heavy atom. The number of amides is 1.